The molecule has 29 heavy (non-hydrogen) atoms. The molecule has 4 amide bonds. The van der Waals surface area contributed by atoms with Crippen molar-refractivity contribution in [1.29, 1.82) is 0 Å². The lowest BCUT2D eigenvalue weighted by Gasteiger charge is -2.33. The van der Waals surface area contributed by atoms with Crippen molar-refractivity contribution in [3.63, 3.8) is 0 Å². The lowest BCUT2D eigenvalue weighted by molar-refractivity contribution is -0.148. The van der Waals surface area contributed by atoms with Crippen LogP contribution in [0.4, 0.5) is 0 Å². The van der Waals surface area contributed by atoms with Crippen LogP contribution in [0.1, 0.15) is 39.5 Å². The zero-order valence-corrected chi connectivity index (χ0v) is 16.8. The number of aliphatic hydroxyl groups excluding tert-OH is 2. The number of likely N-dealkylation sites (tertiary alicyclic amines) is 2. The second-order valence-corrected chi connectivity index (χ2v) is 7.77. The van der Waals surface area contributed by atoms with Gasteiger partial charge in [0.2, 0.25) is 23.6 Å². The van der Waals surface area contributed by atoms with E-state index < -0.39 is 54.1 Å². The van der Waals surface area contributed by atoms with Gasteiger partial charge in [-0.1, -0.05) is 0 Å². The SMILES string of the molecule is C[C@@H](O)[C@H](NC(=O)[C@@H]1CCCN1C(=O)[C@@H]1CCCN1C(=O)[C@H](N)[C@@H](C)O)C(N)=O. The first-order chi connectivity index (χ1) is 13.6. The van der Waals surface area contributed by atoms with Crippen molar-refractivity contribution in [2.75, 3.05) is 13.1 Å². The van der Waals surface area contributed by atoms with Crippen molar-refractivity contribution in [2.45, 2.75) is 75.9 Å². The van der Waals surface area contributed by atoms with Crippen LogP contribution in [0.5, 0.6) is 0 Å². The monoisotopic (exact) mass is 413 g/mol. The molecule has 2 rings (SSSR count). The smallest absolute Gasteiger partial charge is 0.246 e. The maximum Gasteiger partial charge on any atom is 0.246 e. The normalized spacial score (nSPS) is 26.0. The van der Waals surface area contributed by atoms with Gasteiger partial charge >= 0.3 is 0 Å². The van der Waals surface area contributed by atoms with Crippen LogP contribution in [0, 0.1) is 0 Å². The van der Waals surface area contributed by atoms with Gasteiger partial charge in [0.05, 0.1) is 12.2 Å². The first kappa shape index (κ1) is 23.0. The Labute approximate surface area is 169 Å². The molecule has 0 aromatic heterocycles. The summed E-state index contributed by atoms with van der Waals surface area (Å²) in [6.07, 6.45) is -0.170. The molecule has 2 aliphatic heterocycles. The minimum absolute atomic E-state index is 0.341. The summed E-state index contributed by atoms with van der Waals surface area (Å²) in [5.41, 5.74) is 11.0. The summed E-state index contributed by atoms with van der Waals surface area (Å²) < 4.78 is 0. The van der Waals surface area contributed by atoms with Crippen LogP contribution in [0.2, 0.25) is 0 Å². The van der Waals surface area contributed by atoms with E-state index >= 15 is 0 Å². The molecule has 0 bridgehead atoms. The highest BCUT2D eigenvalue weighted by Gasteiger charge is 2.43. The van der Waals surface area contributed by atoms with Crippen molar-refractivity contribution >= 4 is 23.6 Å². The Kier molecular flexibility index (Phi) is 7.55. The summed E-state index contributed by atoms with van der Waals surface area (Å²) in [6, 6.07) is -3.94. The number of rotatable bonds is 7. The van der Waals surface area contributed by atoms with E-state index in [9.17, 15) is 29.4 Å². The Morgan fingerprint density at radius 3 is 2.03 bits per heavy atom. The summed E-state index contributed by atoms with van der Waals surface area (Å²) in [7, 11) is 0. The summed E-state index contributed by atoms with van der Waals surface area (Å²) >= 11 is 0. The molecule has 2 fully saturated rings. The number of aliphatic hydroxyl groups is 2. The number of amides is 4. The highest BCUT2D eigenvalue weighted by Crippen LogP contribution is 2.25. The van der Waals surface area contributed by atoms with Crippen LogP contribution >= 0.6 is 0 Å². The first-order valence-corrected chi connectivity index (χ1v) is 9.88. The molecule has 11 nitrogen and oxygen atoms in total. The second kappa shape index (κ2) is 9.51. The molecule has 164 valence electrons. The Hall–Kier alpha value is -2.24. The third kappa shape index (κ3) is 5.03. The number of hydrogen-bond donors (Lipinski definition) is 5. The fraction of sp³-hybridized carbons (Fsp3) is 0.778. The second-order valence-electron chi connectivity index (χ2n) is 7.77. The molecule has 0 spiro atoms. The molecular weight excluding hydrogens is 382 g/mol. The molecule has 11 heteroatoms. The molecule has 0 saturated carbocycles. The molecule has 2 heterocycles. The number of hydrogen-bond acceptors (Lipinski definition) is 7. The van der Waals surface area contributed by atoms with E-state index in [4.69, 9.17) is 11.5 Å². The van der Waals surface area contributed by atoms with Gasteiger partial charge in [0, 0.05) is 13.1 Å². The molecule has 0 aromatic rings. The number of nitrogens with one attached hydrogen (secondary N) is 1. The molecule has 2 saturated heterocycles. The number of primary amides is 1. The topological polar surface area (TPSA) is 179 Å². The molecule has 0 aliphatic carbocycles. The summed E-state index contributed by atoms with van der Waals surface area (Å²) in [6.45, 7) is 3.44. The van der Waals surface area contributed by atoms with Crippen molar-refractivity contribution < 1.29 is 29.4 Å². The first-order valence-electron chi connectivity index (χ1n) is 9.88. The van der Waals surface area contributed by atoms with Gasteiger partial charge in [0.25, 0.3) is 0 Å². The average molecular weight is 413 g/mol. The quantitative estimate of drug-likeness (QED) is 0.295. The highest BCUT2D eigenvalue weighted by molar-refractivity contribution is 5.95. The molecule has 0 unspecified atom stereocenters. The standard InChI is InChI=1S/C18H31N5O6/c1-9(24)13(19)18(29)23-8-4-6-12(23)17(28)22-7-3-5-11(22)16(27)21-14(10(2)25)15(20)26/h9-14,24-25H,3-8,19H2,1-2H3,(H2,20,26)(H,21,27)/t9-,10-,11+,12+,13-,14+/m1/s1. The third-order valence-electron chi connectivity index (χ3n) is 5.55. The number of nitrogens with zero attached hydrogens (tertiary/aromatic N) is 2. The Morgan fingerprint density at radius 1 is 0.966 bits per heavy atom. The van der Waals surface area contributed by atoms with Crippen molar-refractivity contribution in [2.24, 2.45) is 11.5 Å². The fourth-order valence-corrected chi connectivity index (χ4v) is 3.86. The van der Waals surface area contributed by atoms with Crippen LogP contribution in [0.3, 0.4) is 0 Å². The predicted octanol–water partition coefficient (Wildman–Crippen LogP) is -2.97. The van der Waals surface area contributed by atoms with Gasteiger partial charge in [0.15, 0.2) is 0 Å². The van der Waals surface area contributed by atoms with Gasteiger partial charge in [-0.3, -0.25) is 19.2 Å². The van der Waals surface area contributed by atoms with E-state index in [1.54, 1.807) is 0 Å². The van der Waals surface area contributed by atoms with Crippen LogP contribution in [-0.4, -0.2) is 93.1 Å². The van der Waals surface area contributed by atoms with Gasteiger partial charge < -0.3 is 36.8 Å². The Bertz CT molecular complexity index is 655. The maximum atomic E-state index is 13.1. The molecule has 0 aromatic carbocycles. The molecule has 2 aliphatic rings. The van der Waals surface area contributed by atoms with Crippen molar-refractivity contribution in [3.8, 4) is 0 Å². The largest absolute Gasteiger partial charge is 0.391 e. The lowest BCUT2D eigenvalue weighted by atomic mass is 10.1. The van der Waals surface area contributed by atoms with Crippen LogP contribution in [0.15, 0.2) is 0 Å². The Morgan fingerprint density at radius 2 is 1.52 bits per heavy atom. The van der Waals surface area contributed by atoms with E-state index in [2.05, 4.69) is 5.32 Å². The number of carbonyl (C=O) groups is 4. The molecule has 0 radical (unpaired) electrons. The lowest BCUT2D eigenvalue weighted by Crippen LogP contribution is -2.58. The van der Waals surface area contributed by atoms with E-state index in [-0.39, 0.29) is 5.91 Å². The van der Waals surface area contributed by atoms with Crippen LogP contribution in [-0.2, 0) is 19.2 Å². The zero-order chi connectivity index (χ0) is 21.9. The van der Waals surface area contributed by atoms with Crippen LogP contribution < -0.4 is 16.8 Å². The van der Waals surface area contributed by atoms with E-state index in [0.717, 1.165) is 0 Å². The molecule has 7 N–H and O–H groups in total. The Balaban J connectivity index is 2.11. The minimum atomic E-state index is -1.26. The summed E-state index contributed by atoms with van der Waals surface area (Å²) in [5.74, 6) is -2.31. The van der Waals surface area contributed by atoms with Gasteiger partial charge in [0.1, 0.15) is 24.2 Å². The van der Waals surface area contributed by atoms with E-state index in [0.29, 0.717) is 38.8 Å². The predicted molar refractivity (Wildman–Crippen MR) is 102 cm³/mol. The van der Waals surface area contributed by atoms with Crippen molar-refractivity contribution in [3.05, 3.63) is 0 Å². The summed E-state index contributed by atoms with van der Waals surface area (Å²) in [5, 5.41) is 21.6. The van der Waals surface area contributed by atoms with E-state index in [1.807, 2.05) is 0 Å². The fourth-order valence-electron chi connectivity index (χ4n) is 3.86. The number of carbonyl (C=O) groups excluding carboxylic acids is 4. The van der Waals surface area contributed by atoms with Gasteiger partial charge in [-0.2, -0.15) is 0 Å². The number of nitrogens with two attached hydrogens (primary N) is 2. The summed E-state index contributed by atoms with van der Waals surface area (Å²) in [4.78, 5) is 52.5. The van der Waals surface area contributed by atoms with E-state index in [1.165, 1.54) is 23.6 Å². The zero-order valence-electron chi connectivity index (χ0n) is 16.8. The molecule has 6 atom stereocenters. The third-order valence-corrected chi connectivity index (χ3v) is 5.55. The highest BCUT2D eigenvalue weighted by atomic mass is 16.3. The van der Waals surface area contributed by atoms with Gasteiger partial charge in [-0.15, -0.1) is 0 Å². The average Bonchev–Trinajstić information content (AvgIpc) is 3.32. The van der Waals surface area contributed by atoms with Gasteiger partial charge in [-0.05, 0) is 39.5 Å². The molecular formula is C18H31N5O6. The van der Waals surface area contributed by atoms with Crippen molar-refractivity contribution in [1.82, 2.24) is 15.1 Å². The minimum Gasteiger partial charge on any atom is -0.391 e. The van der Waals surface area contributed by atoms with Gasteiger partial charge in [-0.25, -0.2) is 0 Å². The van der Waals surface area contributed by atoms with Crippen LogP contribution in [0.25, 0.3) is 0 Å². The maximum absolute atomic E-state index is 13.1.